The SMILES string of the molecule is COC1(OC)CCC(COCc2ccccc2)CC1(OC)OC. The normalized spacial score (nSPS) is 22.9. The first kappa shape index (κ1) is 18.4. The Morgan fingerprint density at radius 1 is 0.913 bits per heavy atom. The van der Waals surface area contributed by atoms with Crippen molar-refractivity contribution in [2.45, 2.75) is 37.4 Å². The third-order valence-electron chi connectivity index (χ3n) is 4.80. The number of hydrogen-bond donors (Lipinski definition) is 0. The minimum absolute atomic E-state index is 0.331. The van der Waals surface area contributed by atoms with Gasteiger partial charge in [0.05, 0.1) is 13.2 Å². The van der Waals surface area contributed by atoms with E-state index in [1.807, 2.05) is 18.2 Å². The number of methoxy groups -OCH3 is 4. The average molecular weight is 324 g/mol. The zero-order chi connectivity index (χ0) is 16.8. The summed E-state index contributed by atoms with van der Waals surface area (Å²) < 4.78 is 28.5. The topological polar surface area (TPSA) is 46.2 Å². The molecule has 23 heavy (non-hydrogen) atoms. The second-order valence-corrected chi connectivity index (χ2v) is 5.93. The maximum absolute atomic E-state index is 5.88. The molecule has 0 spiro atoms. The maximum Gasteiger partial charge on any atom is 0.223 e. The highest BCUT2D eigenvalue weighted by molar-refractivity contribution is 5.13. The van der Waals surface area contributed by atoms with Gasteiger partial charge in [-0.3, -0.25) is 0 Å². The predicted octanol–water partition coefficient (Wildman–Crippen LogP) is 2.98. The molecule has 1 unspecified atom stereocenters. The minimum atomic E-state index is -0.921. The van der Waals surface area contributed by atoms with Gasteiger partial charge in [0.2, 0.25) is 11.6 Å². The van der Waals surface area contributed by atoms with Crippen LogP contribution in [0, 0.1) is 5.92 Å². The van der Waals surface area contributed by atoms with Crippen molar-refractivity contribution in [1.82, 2.24) is 0 Å². The van der Waals surface area contributed by atoms with Crippen LogP contribution >= 0.6 is 0 Å². The lowest BCUT2D eigenvalue weighted by Gasteiger charge is -2.50. The van der Waals surface area contributed by atoms with E-state index in [0.717, 1.165) is 6.42 Å². The molecule has 1 aliphatic carbocycles. The van der Waals surface area contributed by atoms with Gasteiger partial charge in [0, 0.05) is 41.3 Å². The Kier molecular flexibility index (Phi) is 6.56. The molecule has 0 N–H and O–H groups in total. The summed E-state index contributed by atoms with van der Waals surface area (Å²) in [6, 6.07) is 10.2. The molecule has 0 amide bonds. The molecule has 130 valence electrons. The average Bonchev–Trinajstić information content (AvgIpc) is 2.62. The van der Waals surface area contributed by atoms with Gasteiger partial charge in [0.25, 0.3) is 0 Å². The van der Waals surface area contributed by atoms with Gasteiger partial charge < -0.3 is 23.7 Å². The second kappa shape index (κ2) is 8.22. The molecule has 0 bridgehead atoms. The van der Waals surface area contributed by atoms with Gasteiger partial charge in [0.1, 0.15) is 0 Å². The van der Waals surface area contributed by atoms with E-state index in [1.165, 1.54) is 5.56 Å². The molecule has 1 fully saturated rings. The third-order valence-corrected chi connectivity index (χ3v) is 4.80. The number of rotatable bonds is 8. The van der Waals surface area contributed by atoms with Gasteiger partial charge in [-0.2, -0.15) is 0 Å². The van der Waals surface area contributed by atoms with E-state index in [0.29, 0.717) is 32.0 Å². The molecule has 0 heterocycles. The van der Waals surface area contributed by atoms with Gasteiger partial charge in [0.15, 0.2) is 0 Å². The lowest BCUT2D eigenvalue weighted by Crippen LogP contribution is -2.62. The summed E-state index contributed by atoms with van der Waals surface area (Å²) in [4.78, 5) is 0. The Bertz CT molecular complexity index is 454. The van der Waals surface area contributed by atoms with Crippen molar-refractivity contribution in [1.29, 1.82) is 0 Å². The first-order valence-electron chi connectivity index (χ1n) is 7.97. The molecule has 0 aromatic heterocycles. The quantitative estimate of drug-likeness (QED) is 0.688. The van der Waals surface area contributed by atoms with Crippen molar-refractivity contribution in [3.63, 3.8) is 0 Å². The fraction of sp³-hybridized carbons (Fsp3) is 0.667. The molecular formula is C18H28O5. The smallest absolute Gasteiger partial charge is 0.223 e. The Morgan fingerprint density at radius 3 is 2.09 bits per heavy atom. The Labute approximate surface area is 138 Å². The van der Waals surface area contributed by atoms with Gasteiger partial charge in [-0.15, -0.1) is 0 Å². The standard InChI is InChI=1S/C18H28O5/c1-19-17(20-2)11-10-16(12-18(17,21-3)22-4)14-23-13-15-8-6-5-7-9-15/h5-9,16H,10-14H2,1-4H3. The van der Waals surface area contributed by atoms with E-state index in [2.05, 4.69) is 12.1 Å². The summed E-state index contributed by atoms with van der Waals surface area (Å²) in [6.07, 6.45) is 2.29. The number of ether oxygens (including phenoxy) is 5. The van der Waals surface area contributed by atoms with E-state index in [4.69, 9.17) is 23.7 Å². The van der Waals surface area contributed by atoms with Gasteiger partial charge in [-0.25, -0.2) is 0 Å². The molecule has 0 saturated heterocycles. The summed E-state index contributed by atoms with van der Waals surface area (Å²) in [6.45, 7) is 1.27. The molecule has 1 aliphatic rings. The summed E-state index contributed by atoms with van der Waals surface area (Å²) in [5, 5.41) is 0. The van der Waals surface area contributed by atoms with E-state index in [-0.39, 0.29) is 0 Å². The molecule has 1 aromatic carbocycles. The summed E-state index contributed by atoms with van der Waals surface area (Å²) >= 11 is 0. The largest absolute Gasteiger partial charge is 0.376 e. The zero-order valence-electron chi connectivity index (χ0n) is 14.5. The van der Waals surface area contributed by atoms with Gasteiger partial charge in [-0.05, 0) is 17.9 Å². The molecular weight excluding hydrogens is 296 g/mol. The summed E-state index contributed by atoms with van der Waals surface area (Å²) in [7, 11) is 6.51. The van der Waals surface area contributed by atoms with Crippen LogP contribution in [0.4, 0.5) is 0 Å². The van der Waals surface area contributed by atoms with E-state index < -0.39 is 11.6 Å². The Morgan fingerprint density at radius 2 is 1.52 bits per heavy atom. The Hall–Kier alpha value is -0.980. The predicted molar refractivity (Wildman–Crippen MR) is 86.9 cm³/mol. The monoisotopic (exact) mass is 324 g/mol. The van der Waals surface area contributed by atoms with Crippen LogP contribution in [0.15, 0.2) is 30.3 Å². The number of benzene rings is 1. The molecule has 1 aromatic rings. The van der Waals surface area contributed by atoms with Crippen molar-refractivity contribution in [3.8, 4) is 0 Å². The van der Waals surface area contributed by atoms with Gasteiger partial charge in [-0.1, -0.05) is 30.3 Å². The maximum atomic E-state index is 5.88. The zero-order valence-corrected chi connectivity index (χ0v) is 14.5. The van der Waals surface area contributed by atoms with Crippen molar-refractivity contribution >= 4 is 0 Å². The van der Waals surface area contributed by atoms with Crippen molar-refractivity contribution < 1.29 is 23.7 Å². The highest BCUT2D eigenvalue weighted by Gasteiger charge is 2.58. The van der Waals surface area contributed by atoms with Crippen molar-refractivity contribution in [2.75, 3.05) is 35.0 Å². The molecule has 0 radical (unpaired) electrons. The molecule has 5 heteroatoms. The van der Waals surface area contributed by atoms with Crippen molar-refractivity contribution in [2.24, 2.45) is 5.92 Å². The van der Waals surface area contributed by atoms with Crippen molar-refractivity contribution in [3.05, 3.63) is 35.9 Å². The molecule has 1 atom stereocenters. The van der Waals surface area contributed by atoms with E-state index in [9.17, 15) is 0 Å². The molecule has 2 rings (SSSR count). The van der Waals surface area contributed by atoms with Crippen LogP contribution < -0.4 is 0 Å². The van der Waals surface area contributed by atoms with Crippen LogP contribution in [0.2, 0.25) is 0 Å². The van der Waals surface area contributed by atoms with E-state index in [1.54, 1.807) is 28.4 Å². The van der Waals surface area contributed by atoms with Crippen LogP contribution in [0.25, 0.3) is 0 Å². The summed E-state index contributed by atoms with van der Waals surface area (Å²) in [5.41, 5.74) is 1.18. The highest BCUT2D eigenvalue weighted by Crippen LogP contribution is 2.45. The van der Waals surface area contributed by atoms with E-state index >= 15 is 0 Å². The fourth-order valence-corrected chi connectivity index (χ4v) is 3.44. The first-order valence-corrected chi connectivity index (χ1v) is 7.97. The first-order chi connectivity index (χ1) is 11.1. The van der Waals surface area contributed by atoms with Crippen LogP contribution in [0.3, 0.4) is 0 Å². The fourth-order valence-electron chi connectivity index (χ4n) is 3.44. The third kappa shape index (κ3) is 3.75. The van der Waals surface area contributed by atoms with Crippen LogP contribution in [-0.4, -0.2) is 46.6 Å². The van der Waals surface area contributed by atoms with Gasteiger partial charge >= 0.3 is 0 Å². The minimum Gasteiger partial charge on any atom is -0.376 e. The number of hydrogen-bond acceptors (Lipinski definition) is 5. The lowest BCUT2D eigenvalue weighted by atomic mass is 9.80. The molecule has 5 nitrogen and oxygen atoms in total. The van der Waals surface area contributed by atoms with Crippen LogP contribution in [0.5, 0.6) is 0 Å². The second-order valence-electron chi connectivity index (χ2n) is 5.93. The van der Waals surface area contributed by atoms with Crippen LogP contribution in [0.1, 0.15) is 24.8 Å². The summed E-state index contributed by atoms with van der Waals surface area (Å²) in [5.74, 6) is -1.47. The molecule has 1 saturated carbocycles. The molecule has 0 aliphatic heterocycles. The lowest BCUT2D eigenvalue weighted by molar-refractivity contribution is -0.405. The Balaban J connectivity index is 1.96. The van der Waals surface area contributed by atoms with Crippen LogP contribution in [-0.2, 0) is 30.3 Å². The highest BCUT2D eigenvalue weighted by atomic mass is 16.8.